The van der Waals surface area contributed by atoms with Crippen molar-refractivity contribution in [3.05, 3.63) is 66.7 Å². The van der Waals surface area contributed by atoms with Gasteiger partial charge in [-0.15, -0.1) is 11.8 Å². The lowest BCUT2D eigenvalue weighted by atomic mass is 10.1. The second-order valence-electron chi connectivity index (χ2n) is 6.49. The summed E-state index contributed by atoms with van der Waals surface area (Å²) in [5.41, 5.74) is 0.701. The molecule has 0 saturated carbocycles. The molecule has 1 aliphatic rings. The van der Waals surface area contributed by atoms with Gasteiger partial charge in [0.1, 0.15) is 5.75 Å². The van der Waals surface area contributed by atoms with E-state index in [4.69, 9.17) is 4.74 Å². The van der Waals surface area contributed by atoms with Crippen LogP contribution in [-0.2, 0) is 9.59 Å². The summed E-state index contributed by atoms with van der Waals surface area (Å²) in [6.45, 7) is 0.202. The van der Waals surface area contributed by atoms with Crippen LogP contribution in [0.3, 0.4) is 0 Å². The number of para-hydroxylation sites is 2. The average Bonchev–Trinajstić information content (AvgIpc) is 2.75. The Balaban J connectivity index is 1.52. The summed E-state index contributed by atoms with van der Waals surface area (Å²) in [5.74, 6) is 0.538. The van der Waals surface area contributed by atoms with Gasteiger partial charge in [0.2, 0.25) is 5.91 Å². The average molecular weight is 392 g/mol. The van der Waals surface area contributed by atoms with E-state index in [2.05, 4.69) is 29.6 Å². The second kappa shape index (κ2) is 7.94. The van der Waals surface area contributed by atoms with Gasteiger partial charge < -0.3 is 15.0 Å². The van der Waals surface area contributed by atoms with E-state index in [9.17, 15) is 9.59 Å². The van der Waals surface area contributed by atoms with Crippen LogP contribution in [0.5, 0.6) is 5.75 Å². The number of amides is 2. The summed E-state index contributed by atoms with van der Waals surface area (Å²) in [5, 5.41) is 4.92. The van der Waals surface area contributed by atoms with Gasteiger partial charge in [0.15, 0.2) is 6.10 Å². The van der Waals surface area contributed by atoms with Crippen molar-refractivity contribution in [3.8, 4) is 5.75 Å². The predicted octanol–water partition coefficient (Wildman–Crippen LogP) is 3.47. The van der Waals surface area contributed by atoms with Crippen molar-refractivity contribution in [3.63, 3.8) is 0 Å². The number of benzene rings is 3. The molecule has 1 heterocycles. The van der Waals surface area contributed by atoms with Crippen molar-refractivity contribution in [2.24, 2.45) is 0 Å². The van der Waals surface area contributed by atoms with E-state index in [1.807, 2.05) is 36.4 Å². The zero-order valence-corrected chi connectivity index (χ0v) is 16.2. The smallest absolute Gasteiger partial charge is 0.262 e. The standard InChI is InChI=1S/C22H20N2O3S/c1-23-22(26)20-13-24(18-8-4-5-9-19(18)27-20)21(25)14-28-17-11-10-15-6-2-3-7-16(15)12-17/h2-12,20H,13-14H2,1H3,(H,23,26)/t20-/m1/s1. The Morgan fingerprint density at radius 3 is 2.64 bits per heavy atom. The number of fused-ring (bicyclic) bond motifs is 2. The van der Waals surface area contributed by atoms with E-state index in [0.29, 0.717) is 11.4 Å². The van der Waals surface area contributed by atoms with E-state index in [1.165, 1.54) is 17.1 Å². The van der Waals surface area contributed by atoms with Crippen LogP contribution in [0.25, 0.3) is 10.8 Å². The van der Waals surface area contributed by atoms with Crippen molar-refractivity contribution in [1.29, 1.82) is 0 Å². The van der Waals surface area contributed by atoms with Gasteiger partial charge in [0.25, 0.3) is 5.91 Å². The number of hydrogen-bond donors (Lipinski definition) is 1. The minimum atomic E-state index is -0.713. The molecule has 0 spiro atoms. The maximum Gasteiger partial charge on any atom is 0.262 e. The molecule has 0 saturated heterocycles. The Morgan fingerprint density at radius 1 is 1.07 bits per heavy atom. The minimum Gasteiger partial charge on any atom is -0.477 e. The molecule has 1 N–H and O–H groups in total. The number of nitrogens with zero attached hydrogens (tertiary/aromatic N) is 1. The summed E-state index contributed by atoms with van der Waals surface area (Å²) in [7, 11) is 1.56. The largest absolute Gasteiger partial charge is 0.477 e. The van der Waals surface area contributed by atoms with E-state index in [-0.39, 0.29) is 24.1 Å². The van der Waals surface area contributed by atoms with Crippen LogP contribution in [0, 0.1) is 0 Å². The molecule has 0 aromatic heterocycles. The van der Waals surface area contributed by atoms with Crippen LogP contribution < -0.4 is 15.0 Å². The first-order valence-corrected chi connectivity index (χ1v) is 10.0. The highest BCUT2D eigenvalue weighted by atomic mass is 32.2. The SMILES string of the molecule is CNC(=O)[C@H]1CN(C(=O)CSc2ccc3ccccc3c2)c2ccccc2O1. The number of ether oxygens (including phenoxy) is 1. The van der Waals surface area contributed by atoms with E-state index >= 15 is 0 Å². The summed E-state index contributed by atoms with van der Waals surface area (Å²) in [6, 6.07) is 21.6. The molecule has 0 fully saturated rings. The Hall–Kier alpha value is -2.99. The highest BCUT2D eigenvalue weighted by Crippen LogP contribution is 2.34. The maximum atomic E-state index is 13.0. The van der Waals surface area contributed by atoms with Crippen LogP contribution in [0.1, 0.15) is 0 Å². The molecular formula is C22H20N2O3S. The topological polar surface area (TPSA) is 58.6 Å². The lowest BCUT2D eigenvalue weighted by Crippen LogP contribution is -2.50. The number of likely N-dealkylation sites (N-methyl/N-ethyl adjacent to an activating group) is 1. The monoisotopic (exact) mass is 392 g/mol. The highest BCUT2D eigenvalue weighted by Gasteiger charge is 2.33. The quantitative estimate of drug-likeness (QED) is 0.691. The fraction of sp³-hybridized carbons (Fsp3) is 0.182. The second-order valence-corrected chi connectivity index (χ2v) is 7.54. The molecule has 0 radical (unpaired) electrons. The molecule has 2 amide bonds. The van der Waals surface area contributed by atoms with Gasteiger partial charge in [-0.2, -0.15) is 0 Å². The molecule has 4 rings (SSSR count). The molecule has 142 valence electrons. The third kappa shape index (κ3) is 3.68. The zero-order valence-electron chi connectivity index (χ0n) is 15.4. The first-order chi connectivity index (χ1) is 13.7. The third-order valence-electron chi connectivity index (χ3n) is 4.70. The molecule has 5 nitrogen and oxygen atoms in total. The molecule has 28 heavy (non-hydrogen) atoms. The van der Waals surface area contributed by atoms with E-state index < -0.39 is 6.10 Å². The van der Waals surface area contributed by atoms with Crippen molar-refractivity contribution in [1.82, 2.24) is 5.32 Å². The number of hydrogen-bond acceptors (Lipinski definition) is 4. The lowest BCUT2D eigenvalue weighted by molar-refractivity contribution is -0.127. The van der Waals surface area contributed by atoms with Gasteiger partial charge in [-0.25, -0.2) is 0 Å². The molecule has 6 heteroatoms. The van der Waals surface area contributed by atoms with Gasteiger partial charge in [0.05, 0.1) is 18.0 Å². The number of thioether (sulfide) groups is 1. The van der Waals surface area contributed by atoms with Crippen LogP contribution in [0.15, 0.2) is 71.6 Å². The summed E-state index contributed by atoms with van der Waals surface area (Å²) >= 11 is 1.49. The van der Waals surface area contributed by atoms with Crippen molar-refractivity contribution >= 4 is 40.0 Å². The molecular weight excluding hydrogens is 372 g/mol. The fourth-order valence-corrected chi connectivity index (χ4v) is 4.07. The molecule has 1 atom stereocenters. The lowest BCUT2D eigenvalue weighted by Gasteiger charge is -2.34. The molecule has 0 unspecified atom stereocenters. The Kier molecular flexibility index (Phi) is 5.21. The van der Waals surface area contributed by atoms with Crippen LogP contribution in [0.4, 0.5) is 5.69 Å². The molecule has 3 aromatic carbocycles. The Morgan fingerprint density at radius 2 is 1.82 bits per heavy atom. The van der Waals surface area contributed by atoms with Crippen LogP contribution in [-0.4, -0.2) is 37.3 Å². The van der Waals surface area contributed by atoms with Crippen LogP contribution >= 0.6 is 11.8 Å². The molecule has 1 aliphatic heterocycles. The third-order valence-corrected chi connectivity index (χ3v) is 5.68. The number of carbonyl (C=O) groups is 2. The van der Waals surface area contributed by atoms with E-state index in [1.54, 1.807) is 18.0 Å². The summed E-state index contributed by atoms with van der Waals surface area (Å²) in [6.07, 6.45) is -0.713. The normalized spacial score (nSPS) is 15.6. The molecule has 0 aliphatic carbocycles. The first kappa shape index (κ1) is 18.4. The Bertz CT molecular complexity index is 1040. The first-order valence-electron chi connectivity index (χ1n) is 9.05. The van der Waals surface area contributed by atoms with Crippen molar-refractivity contribution < 1.29 is 14.3 Å². The number of nitrogens with one attached hydrogen (secondary N) is 1. The predicted molar refractivity (Wildman–Crippen MR) is 112 cm³/mol. The minimum absolute atomic E-state index is 0.0530. The number of rotatable bonds is 4. The van der Waals surface area contributed by atoms with Gasteiger partial charge >= 0.3 is 0 Å². The van der Waals surface area contributed by atoms with Gasteiger partial charge in [-0.05, 0) is 35.0 Å². The molecule has 3 aromatic rings. The summed E-state index contributed by atoms with van der Waals surface area (Å²) < 4.78 is 5.76. The maximum absolute atomic E-state index is 13.0. The van der Waals surface area contributed by atoms with Crippen molar-refractivity contribution in [2.75, 3.05) is 24.2 Å². The van der Waals surface area contributed by atoms with Crippen molar-refractivity contribution in [2.45, 2.75) is 11.0 Å². The Labute approximate surface area is 167 Å². The van der Waals surface area contributed by atoms with E-state index in [0.717, 1.165) is 10.3 Å². The number of anilines is 1. The number of carbonyl (C=O) groups excluding carboxylic acids is 2. The zero-order chi connectivity index (χ0) is 19.5. The fourth-order valence-electron chi connectivity index (χ4n) is 3.25. The van der Waals surface area contributed by atoms with Gasteiger partial charge in [-0.3, -0.25) is 9.59 Å². The molecule has 0 bridgehead atoms. The highest BCUT2D eigenvalue weighted by molar-refractivity contribution is 8.00. The summed E-state index contributed by atoms with van der Waals surface area (Å²) in [4.78, 5) is 27.7. The van der Waals surface area contributed by atoms with Crippen LogP contribution in [0.2, 0.25) is 0 Å². The van der Waals surface area contributed by atoms with Gasteiger partial charge in [0, 0.05) is 11.9 Å². The van der Waals surface area contributed by atoms with Gasteiger partial charge in [-0.1, -0.05) is 42.5 Å².